The molecule has 13 heavy (non-hydrogen) atoms. The highest BCUT2D eigenvalue weighted by atomic mass is 79.9. The Morgan fingerprint density at radius 3 is 2.85 bits per heavy atom. The number of aryl methyl sites for hydroxylation is 1. The lowest BCUT2D eigenvalue weighted by atomic mass is 10.1. The van der Waals surface area contributed by atoms with E-state index in [2.05, 4.69) is 15.9 Å². The van der Waals surface area contributed by atoms with Crippen molar-refractivity contribution >= 4 is 21.6 Å². The van der Waals surface area contributed by atoms with Crippen molar-refractivity contribution in [3.63, 3.8) is 0 Å². The largest absolute Gasteiger partial charge is 0.398 e. The maximum Gasteiger partial charge on any atom is 0.0933 e. The van der Waals surface area contributed by atoms with E-state index in [-0.39, 0.29) is 0 Å². The Bertz CT molecular complexity index is 388. The quantitative estimate of drug-likeness (QED) is 0.763. The molecule has 1 aromatic carbocycles. The van der Waals surface area contributed by atoms with Crippen LogP contribution in [-0.2, 0) is 0 Å². The SMILES string of the molecule is Cc1cc(Br)ccc1C(N)=CC#N. The maximum atomic E-state index is 8.43. The molecule has 0 unspecified atom stereocenters. The van der Waals surface area contributed by atoms with Crippen molar-refractivity contribution in [2.24, 2.45) is 5.73 Å². The molecule has 0 spiro atoms. The standard InChI is InChI=1S/C10H9BrN2/c1-7-6-8(11)2-3-9(7)10(13)4-5-12/h2-4,6H,13H2,1H3. The van der Waals surface area contributed by atoms with Crippen LogP contribution in [0.15, 0.2) is 28.7 Å². The first-order valence-corrected chi connectivity index (χ1v) is 4.56. The molecule has 0 aromatic heterocycles. The van der Waals surface area contributed by atoms with Gasteiger partial charge in [-0.3, -0.25) is 0 Å². The van der Waals surface area contributed by atoms with Crippen molar-refractivity contribution in [3.05, 3.63) is 39.9 Å². The van der Waals surface area contributed by atoms with E-state index in [1.54, 1.807) is 0 Å². The second-order valence-electron chi connectivity index (χ2n) is 2.69. The third kappa shape index (κ3) is 2.33. The van der Waals surface area contributed by atoms with Crippen molar-refractivity contribution in [1.29, 1.82) is 5.26 Å². The van der Waals surface area contributed by atoms with Gasteiger partial charge in [-0.25, -0.2) is 0 Å². The van der Waals surface area contributed by atoms with Crippen LogP contribution in [0.4, 0.5) is 0 Å². The third-order valence-corrected chi connectivity index (χ3v) is 2.21. The zero-order chi connectivity index (χ0) is 9.84. The fourth-order valence-corrected chi connectivity index (χ4v) is 1.57. The fraction of sp³-hybridized carbons (Fsp3) is 0.100. The highest BCUT2D eigenvalue weighted by Gasteiger charge is 2.00. The van der Waals surface area contributed by atoms with Crippen LogP contribution in [0.25, 0.3) is 5.70 Å². The van der Waals surface area contributed by atoms with Crippen LogP contribution in [0.5, 0.6) is 0 Å². The number of halogens is 1. The Labute approximate surface area is 85.8 Å². The van der Waals surface area contributed by atoms with Gasteiger partial charge in [0.1, 0.15) is 0 Å². The van der Waals surface area contributed by atoms with Gasteiger partial charge in [-0.2, -0.15) is 5.26 Å². The van der Waals surface area contributed by atoms with Gasteiger partial charge in [0, 0.05) is 21.8 Å². The summed E-state index contributed by atoms with van der Waals surface area (Å²) in [6.07, 6.45) is 1.34. The molecule has 0 heterocycles. The summed E-state index contributed by atoms with van der Waals surface area (Å²) in [5, 5.41) is 8.43. The van der Waals surface area contributed by atoms with Gasteiger partial charge in [0.2, 0.25) is 0 Å². The van der Waals surface area contributed by atoms with Crippen LogP contribution in [0.1, 0.15) is 11.1 Å². The van der Waals surface area contributed by atoms with Gasteiger partial charge < -0.3 is 5.73 Å². The minimum absolute atomic E-state index is 0.507. The molecule has 2 nitrogen and oxygen atoms in total. The van der Waals surface area contributed by atoms with Crippen LogP contribution in [0, 0.1) is 18.3 Å². The first kappa shape index (κ1) is 9.82. The molecule has 0 aliphatic rings. The predicted molar refractivity (Wildman–Crippen MR) is 56.7 cm³/mol. The maximum absolute atomic E-state index is 8.43. The second kappa shape index (κ2) is 4.11. The van der Waals surface area contributed by atoms with E-state index < -0.39 is 0 Å². The Kier molecular flexibility index (Phi) is 3.10. The molecule has 2 N–H and O–H groups in total. The summed E-state index contributed by atoms with van der Waals surface area (Å²) in [4.78, 5) is 0. The Balaban J connectivity index is 3.18. The van der Waals surface area contributed by atoms with Crippen LogP contribution < -0.4 is 5.73 Å². The molecule has 0 saturated carbocycles. The Morgan fingerprint density at radius 1 is 1.62 bits per heavy atom. The van der Waals surface area contributed by atoms with E-state index in [1.165, 1.54) is 6.08 Å². The van der Waals surface area contributed by atoms with Gasteiger partial charge in [0.05, 0.1) is 6.07 Å². The van der Waals surface area contributed by atoms with Crippen molar-refractivity contribution in [2.75, 3.05) is 0 Å². The molecule has 0 atom stereocenters. The number of nitrogens with two attached hydrogens (primary N) is 1. The van der Waals surface area contributed by atoms with Gasteiger partial charge in [0.15, 0.2) is 0 Å². The Morgan fingerprint density at radius 2 is 2.31 bits per heavy atom. The first-order chi connectivity index (χ1) is 6.15. The minimum Gasteiger partial charge on any atom is -0.398 e. The zero-order valence-corrected chi connectivity index (χ0v) is 8.80. The topological polar surface area (TPSA) is 49.8 Å². The molecule has 0 amide bonds. The highest BCUT2D eigenvalue weighted by molar-refractivity contribution is 9.10. The monoisotopic (exact) mass is 236 g/mol. The number of rotatable bonds is 1. The molecule has 0 bridgehead atoms. The summed E-state index contributed by atoms with van der Waals surface area (Å²) in [6.45, 7) is 1.96. The summed E-state index contributed by atoms with van der Waals surface area (Å²) in [5.74, 6) is 0. The van der Waals surface area contributed by atoms with E-state index in [0.717, 1.165) is 15.6 Å². The molecule has 1 rings (SSSR count). The number of benzene rings is 1. The van der Waals surface area contributed by atoms with E-state index in [4.69, 9.17) is 11.0 Å². The van der Waals surface area contributed by atoms with E-state index in [0.29, 0.717) is 5.70 Å². The number of nitrogens with zero attached hydrogens (tertiary/aromatic N) is 1. The lowest BCUT2D eigenvalue weighted by molar-refractivity contribution is 1.38. The molecule has 0 fully saturated rings. The van der Waals surface area contributed by atoms with Gasteiger partial charge in [-0.1, -0.05) is 22.0 Å². The van der Waals surface area contributed by atoms with Gasteiger partial charge in [-0.05, 0) is 24.6 Å². The summed E-state index contributed by atoms with van der Waals surface area (Å²) in [7, 11) is 0. The van der Waals surface area contributed by atoms with Gasteiger partial charge in [-0.15, -0.1) is 0 Å². The zero-order valence-electron chi connectivity index (χ0n) is 7.21. The van der Waals surface area contributed by atoms with E-state index in [1.807, 2.05) is 31.2 Å². The summed E-state index contributed by atoms with van der Waals surface area (Å²) in [6, 6.07) is 7.67. The van der Waals surface area contributed by atoms with E-state index >= 15 is 0 Å². The molecule has 0 aliphatic heterocycles. The minimum atomic E-state index is 0.507. The number of allylic oxidation sites excluding steroid dienone is 1. The first-order valence-electron chi connectivity index (χ1n) is 3.77. The van der Waals surface area contributed by atoms with Crippen LogP contribution in [-0.4, -0.2) is 0 Å². The number of nitriles is 1. The fourth-order valence-electron chi connectivity index (χ4n) is 1.10. The normalized spacial score (nSPS) is 11.0. The van der Waals surface area contributed by atoms with Crippen molar-refractivity contribution < 1.29 is 0 Å². The lowest BCUT2D eigenvalue weighted by Gasteiger charge is -2.04. The smallest absolute Gasteiger partial charge is 0.0933 e. The lowest BCUT2D eigenvalue weighted by Crippen LogP contribution is -1.98. The van der Waals surface area contributed by atoms with E-state index in [9.17, 15) is 0 Å². The second-order valence-corrected chi connectivity index (χ2v) is 3.60. The average Bonchev–Trinajstić information content (AvgIpc) is 2.04. The summed E-state index contributed by atoms with van der Waals surface area (Å²) in [5.41, 5.74) is 8.15. The number of hydrogen-bond donors (Lipinski definition) is 1. The molecular formula is C10H9BrN2. The third-order valence-electron chi connectivity index (χ3n) is 1.72. The van der Waals surface area contributed by atoms with Crippen LogP contribution >= 0.6 is 15.9 Å². The van der Waals surface area contributed by atoms with Gasteiger partial charge in [0.25, 0.3) is 0 Å². The van der Waals surface area contributed by atoms with Crippen LogP contribution in [0.3, 0.4) is 0 Å². The molecular weight excluding hydrogens is 228 g/mol. The van der Waals surface area contributed by atoms with Crippen molar-refractivity contribution in [1.82, 2.24) is 0 Å². The van der Waals surface area contributed by atoms with Crippen LogP contribution in [0.2, 0.25) is 0 Å². The van der Waals surface area contributed by atoms with Crippen molar-refractivity contribution in [3.8, 4) is 6.07 Å². The molecule has 66 valence electrons. The average molecular weight is 237 g/mol. The predicted octanol–water partition coefficient (Wildman–Crippen LogP) is 2.58. The number of hydrogen-bond acceptors (Lipinski definition) is 2. The summed E-state index contributed by atoms with van der Waals surface area (Å²) >= 11 is 3.36. The van der Waals surface area contributed by atoms with Gasteiger partial charge >= 0.3 is 0 Å². The molecule has 3 heteroatoms. The molecule has 1 aromatic rings. The Hall–Kier alpha value is -1.27. The highest BCUT2D eigenvalue weighted by Crippen LogP contribution is 2.19. The summed E-state index contributed by atoms with van der Waals surface area (Å²) < 4.78 is 1.01. The molecule has 0 aliphatic carbocycles. The molecule has 0 saturated heterocycles. The molecule has 0 radical (unpaired) electrons. The van der Waals surface area contributed by atoms with Crippen molar-refractivity contribution in [2.45, 2.75) is 6.92 Å².